The van der Waals surface area contributed by atoms with Crippen molar-refractivity contribution in [3.05, 3.63) is 47.0 Å². The van der Waals surface area contributed by atoms with Gasteiger partial charge in [0.25, 0.3) is 0 Å². The molecule has 0 amide bonds. The second-order valence-electron chi connectivity index (χ2n) is 6.44. The SMILES string of the molecule is COC1C(OCc2ccccc2)C2(C)OC1(C)C(C)=C2C. The molecule has 0 saturated carbocycles. The van der Waals surface area contributed by atoms with Crippen LogP contribution >= 0.6 is 0 Å². The van der Waals surface area contributed by atoms with Crippen LogP contribution in [-0.2, 0) is 20.8 Å². The third-order valence-corrected chi connectivity index (χ3v) is 5.36. The minimum atomic E-state index is -0.395. The highest BCUT2D eigenvalue weighted by molar-refractivity contribution is 5.42. The largest absolute Gasteiger partial charge is 0.375 e. The summed E-state index contributed by atoms with van der Waals surface area (Å²) in [6.45, 7) is 9.08. The van der Waals surface area contributed by atoms with Crippen LogP contribution in [0.25, 0.3) is 0 Å². The van der Waals surface area contributed by atoms with Gasteiger partial charge in [0.2, 0.25) is 0 Å². The highest BCUT2D eigenvalue weighted by Crippen LogP contribution is 2.55. The van der Waals surface area contributed by atoms with Gasteiger partial charge in [-0.3, -0.25) is 0 Å². The Labute approximate surface area is 126 Å². The molecular weight excluding hydrogens is 264 g/mol. The van der Waals surface area contributed by atoms with Crippen LogP contribution in [-0.4, -0.2) is 30.5 Å². The van der Waals surface area contributed by atoms with E-state index in [1.807, 2.05) is 18.2 Å². The average molecular weight is 288 g/mol. The lowest BCUT2D eigenvalue weighted by atomic mass is 9.75. The number of fused-ring (bicyclic) bond motifs is 2. The second kappa shape index (κ2) is 4.94. The minimum absolute atomic E-state index is 0.0742. The fourth-order valence-electron chi connectivity index (χ4n) is 3.81. The lowest BCUT2D eigenvalue weighted by Gasteiger charge is -2.36. The molecule has 0 N–H and O–H groups in total. The summed E-state index contributed by atoms with van der Waals surface area (Å²) in [4.78, 5) is 0. The summed E-state index contributed by atoms with van der Waals surface area (Å²) < 4.78 is 18.3. The maximum atomic E-state index is 6.35. The third kappa shape index (κ3) is 1.99. The van der Waals surface area contributed by atoms with Crippen LogP contribution in [0.2, 0.25) is 0 Å². The first-order valence-corrected chi connectivity index (χ1v) is 7.50. The van der Waals surface area contributed by atoms with Crippen molar-refractivity contribution in [1.82, 2.24) is 0 Å². The molecule has 0 aromatic heterocycles. The van der Waals surface area contributed by atoms with Gasteiger partial charge in [0.1, 0.15) is 23.4 Å². The third-order valence-electron chi connectivity index (χ3n) is 5.36. The summed E-state index contributed by atoms with van der Waals surface area (Å²) in [5.41, 5.74) is 2.94. The molecule has 2 aliphatic rings. The molecule has 0 aliphatic carbocycles. The molecule has 2 heterocycles. The molecule has 21 heavy (non-hydrogen) atoms. The van der Waals surface area contributed by atoms with Crippen molar-refractivity contribution in [2.24, 2.45) is 0 Å². The molecule has 114 valence electrons. The molecular formula is C18H24O3. The van der Waals surface area contributed by atoms with Crippen LogP contribution in [0.5, 0.6) is 0 Å². The molecule has 0 spiro atoms. The van der Waals surface area contributed by atoms with E-state index in [9.17, 15) is 0 Å². The van der Waals surface area contributed by atoms with E-state index in [0.29, 0.717) is 6.61 Å². The summed E-state index contributed by atoms with van der Waals surface area (Å²) in [5.74, 6) is 0. The molecule has 2 aliphatic heterocycles. The van der Waals surface area contributed by atoms with E-state index in [-0.39, 0.29) is 17.8 Å². The quantitative estimate of drug-likeness (QED) is 0.794. The zero-order valence-corrected chi connectivity index (χ0v) is 13.5. The average Bonchev–Trinajstić information content (AvgIpc) is 2.82. The topological polar surface area (TPSA) is 27.7 Å². The number of rotatable bonds is 4. The summed E-state index contributed by atoms with van der Waals surface area (Å²) in [5, 5.41) is 0. The van der Waals surface area contributed by atoms with Gasteiger partial charge in [-0.2, -0.15) is 0 Å². The van der Waals surface area contributed by atoms with Crippen LogP contribution in [0.3, 0.4) is 0 Å². The summed E-state index contributed by atoms with van der Waals surface area (Å²) in [7, 11) is 1.74. The molecule has 3 nitrogen and oxygen atoms in total. The van der Waals surface area contributed by atoms with Crippen LogP contribution < -0.4 is 0 Å². The smallest absolute Gasteiger partial charge is 0.120 e. The van der Waals surface area contributed by atoms with Gasteiger partial charge in [-0.05, 0) is 44.4 Å². The van der Waals surface area contributed by atoms with Crippen LogP contribution in [0.15, 0.2) is 41.5 Å². The van der Waals surface area contributed by atoms with E-state index in [1.165, 1.54) is 16.7 Å². The monoisotopic (exact) mass is 288 g/mol. The molecule has 1 aromatic rings. The summed E-state index contributed by atoms with van der Waals surface area (Å²) in [6, 6.07) is 10.2. The van der Waals surface area contributed by atoms with Crippen molar-refractivity contribution in [2.75, 3.05) is 7.11 Å². The molecule has 4 unspecified atom stereocenters. The molecule has 1 fully saturated rings. The van der Waals surface area contributed by atoms with Crippen molar-refractivity contribution >= 4 is 0 Å². The maximum Gasteiger partial charge on any atom is 0.120 e. The van der Waals surface area contributed by atoms with E-state index in [2.05, 4.69) is 39.8 Å². The Bertz CT molecular complexity index is 565. The fraction of sp³-hybridized carbons (Fsp3) is 0.556. The van der Waals surface area contributed by atoms with Gasteiger partial charge in [0, 0.05) is 7.11 Å². The molecule has 1 aromatic carbocycles. The highest BCUT2D eigenvalue weighted by Gasteiger charge is 2.66. The van der Waals surface area contributed by atoms with Gasteiger partial charge in [-0.25, -0.2) is 0 Å². The van der Waals surface area contributed by atoms with Gasteiger partial charge >= 0.3 is 0 Å². The zero-order valence-electron chi connectivity index (χ0n) is 13.5. The Hall–Kier alpha value is -1.16. The van der Waals surface area contributed by atoms with Crippen LogP contribution in [0, 0.1) is 0 Å². The normalized spacial score (nSPS) is 38.3. The Kier molecular flexibility index (Phi) is 3.47. The van der Waals surface area contributed by atoms with E-state index < -0.39 is 5.60 Å². The molecule has 4 atom stereocenters. The van der Waals surface area contributed by atoms with E-state index in [0.717, 1.165) is 0 Å². The van der Waals surface area contributed by atoms with Crippen molar-refractivity contribution < 1.29 is 14.2 Å². The number of hydrogen-bond acceptors (Lipinski definition) is 3. The second-order valence-corrected chi connectivity index (χ2v) is 6.44. The van der Waals surface area contributed by atoms with E-state index in [4.69, 9.17) is 14.2 Å². The number of ether oxygens (including phenoxy) is 3. The number of hydrogen-bond donors (Lipinski definition) is 0. The van der Waals surface area contributed by atoms with Crippen molar-refractivity contribution in [3.63, 3.8) is 0 Å². The first-order valence-electron chi connectivity index (χ1n) is 7.50. The fourth-order valence-corrected chi connectivity index (χ4v) is 3.81. The van der Waals surface area contributed by atoms with Gasteiger partial charge in [-0.1, -0.05) is 30.3 Å². The maximum absolute atomic E-state index is 6.35. The Balaban J connectivity index is 1.85. The summed E-state index contributed by atoms with van der Waals surface area (Å²) in [6.07, 6.45) is -0.161. The van der Waals surface area contributed by atoms with Gasteiger partial charge < -0.3 is 14.2 Å². The minimum Gasteiger partial charge on any atom is -0.375 e. The number of benzene rings is 1. The Morgan fingerprint density at radius 2 is 1.57 bits per heavy atom. The highest BCUT2D eigenvalue weighted by atomic mass is 16.6. The zero-order chi connectivity index (χ0) is 15.3. The Morgan fingerprint density at radius 3 is 2.14 bits per heavy atom. The summed E-state index contributed by atoms with van der Waals surface area (Å²) >= 11 is 0. The molecule has 0 radical (unpaired) electrons. The standard InChI is InChI=1S/C18H24O3/c1-12-13(2)18(4)16(15(19-5)17(12,3)21-18)20-11-14-9-7-6-8-10-14/h6-10,15-16H,11H2,1-5H3. The Morgan fingerprint density at radius 1 is 1.00 bits per heavy atom. The van der Waals surface area contributed by atoms with Crippen molar-refractivity contribution in [2.45, 2.75) is 57.7 Å². The van der Waals surface area contributed by atoms with Crippen LogP contribution in [0.4, 0.5) is 0 Å². The first kappa shape index (κ1) is 14.8. The predicted molar refractivity (Wildman–Crippen MR) is 82.1 cm³/mol. The number of methoxy groups -OCH3 is 1. The molecule has 3 heteroatoms. The van der Waals surface area contributed by atoms with Gasteiger partial charge in [-0.15, -0.1) is 0 Å². The molecule has 3 rings (SSSR count). The van der Waals surface area contributed by atoms with E-state index >= 15 is 0 Å². The van der Waals surface area contributed by atoms with Gasteiger partial charge in [0.05, 0.1) is 6.61 Å². The molecule has 1 saturated heterocycles. The van der Waals surface area contributed by atoms with Crippen molar-refractivity contribution in [3.8, 4) is 0 Å². The first-order chi connectivity index (χ1) is 9.93. The lowest BCUT2D eigenvalue weighted by molar-refractivity contribution is -0.0820. The molecule has 2 bridgehead atoms. The van der Waals surface area contributed by atoms with Gasteiger partial charge in [0.15, 0.2) is 0 Å². The van der Waals surface area contributed by atoms with E-state index in [1.54, 1.807) is 7.11 Å². The van der Waals surface area contributed by atoms with Crippen molar-refractivity contribution in [1.29, 1.82) is 0 Å². The lowest BCUT2D eigenvalue weighted by Crippen LogP contribution is -2.50. The van der Waals surface area contributed by atoms with Crippen LogP contribution in [0.1, 0.15) is 33.3 Å². The predicted octanol–water partition coefficient (Wildman–Crippen LogP) is 3.48.